The molecule has 2 aromatic rings. The van der Waals surface area contributed by atoms with Crippen molar-refractivity contribution < 1.29 is 24.2 Å². The van der Waals surface area contributed by atoms with Gasteiger partial charge in [-0.25, -0.2) is 0 Å². The summed E-state index contributed by atoms with van der Waals surface area (Å²) in [6.45, 7) is 1.30. The highest BCUT2D eigenvalue weighted by atomic mass is 16.5. The molecule has 1 saturated carbocycles. The molecule has 0 heterocycles. The van der Waals surface area contributed by atoms with Crippen LogP contribution in [-0.4, -0.2) is 22.9 Å². The summed E-state index contributed by atoms with van der Waals surface area (Å²) >= 11 is 0. The number of anilines is 2. The standard InChI is InChI=1S/C24H28N2O5/c1-16(27)31-20-11-8-18(9-12-20)24(30)26-21-15-19(10-13-22(21)28)25-23(29)14-7-17-5-3-2-4-6-17/h8-13,15,17,28H,2-7,14H2,1H3,(H,25,29)(H,26,30). The molecule has 7 nitrogen and oxygen atoms in total. The average molecular weight is 424 g/mol. The van der Waals surface area contributed by atoms with E-state index in [4.69, 9.17) is 4.74 Å². The van der Waals surface area contributed by atoms with E-state index in [1.807, 2.05) is 0 Å². The first-order valence-electron chi connectivity index (χ1n) is 10.6. The van der Waals surface area contributed by atoms with Crippen LogP contribution in [0.25, 0.3) is 0 Å². The molecule has 0 radical (unpaired) electrons. The number of phenols is 1. The van der Waals surface area contributed by atoms with Crippen molar-refractivity contribution in [2.45, 2.75) is 51.9 Å². The maximum atomic E-state index is 12.5. The van der Waals surface area contributed by atoms with E-state index in [0.717, 1.165) is 6.42 Å². The highest BCUT2D eigenvalue weighted by Gasteiger charge is 2.16. The van der Waals surface area contributed by atoms with Crippen LogP contribution in [0, 0.1) is 5.92 Å². The van der Waals surface area contributed by atoms with E-state index >= 15 is 0 Å². The summed E-state index contributed by atoms with van der Waals surface area (Å²) in [4.78, 5) is 35.8. The van der Waals surface area contributed by atoms with Gasteiger partial charge in [0.25, 0.3) is 5.91 Å². The number of carbonyl (C=O) groups is 3. The van der Waals surface area contributed by atoms with E-state index in [2.05, 4.69) is 10.6 Å². The summed E-state index contributed by atoms with van der Waals surface area (Å²) in [5, 5.41) is 15.6. The van der Waals surface area contributed by atoms with Crippen LogP contribution in [0.4, 0.5) is 11.4 Å². The van der Waals surface area contributed by atoms with Gasteiger partial charge in [-0.05, 0) is 54.8 Å². The lowest BCUT2D eigenvalue weighted by molar-refractivity contribution is -0.131. The number of aromatic hydroxyl groups is 1. The van der Waals surface area contributed by atoms with Gasteiger partial charge in [-0.3, -0.25) is 14.4 Å². The first-order chi connectivity index (χ1) is 14.9. The van der Waals surface area contributed by atoms with Crippen LogP contribution in [0.1, 0.15) is 62.2 Å². The van der Waals surface area contributed by atoms with E-state index < -0.39 is 11.9 Å². The number of rotatable bonds is 7. The fourth-order valence-corrected chi connectivity index (χ4v) is 3.78. The number of phenolic OH excluding ortho intramolecular Hbond substituents is 1. The van der Waals surface area contributed by atoms with Gasteiger partial charge in [-0.15, -0.1) is 0 Å². The number of esters is 1. The molecule has 2 aromatic carbocycles. The van der Waals surface area contributed by atoms with Crippen molar-refractivity contribution in [1.82, 2.24) is 0 Å². The van der Waals surface area contributed by atoms with Crippen LogP contribution in [0.15, 0.2) is 42.5 Å². The fourth-order valence-electron chi connectivity index (χ4n) is 3.78. The number of hydrogen-bond acceptors (Lipinski definition) is 5. The zero-order chi connectivity index (χ0) is 22.2. The van der Waals surface area contributed by atoms with Crippen LogP contribution >= 0.6 is 0 Å². The largest absolute Gasteiger partial charge is 0.506 e. The minimum atomic E-state index is -0.445. The highest BCUT2D eigenvalue weighted by Crippen LogP contribution is 2.29. The third-order valence-corrected chi connectivity index (χ3v) is 5.41. The molecule has 0 saturated heterocycles. The molecule has 1 aliphatic rings. The fraction of sp³-hybridized carbons (Fsp3) is 0.375. The van der Waals surface area contributed by atoms with Gasteiger partial charge in [0.2, 0.25) is 5.91 Å². The number of benzene rings is 2. The average Bonchev–Trinajstić information content (AvgIpc) is 2.75. The zero-order valence-electron chi connectivity index (χ0n) is 17.6. The van der Waals surface area contributed by atoms with Crippen molar-refractivity contribution in [2.24, 2.45) is 5.92 Å². The topological polar surface area (TPSA) is 105 Å². The molecule has 7 heteroatoms. The van der Waals surface area contributed by atoms with Crippen molar-refractivity contribution in [3.8, 4) is 11.5 Å². The molecule has 3 rings (SSSR count). The zero-order valence-corrected chi connectivity index (χ0v) is 17.6. The summed E-state index contributed by atoms with van der Waals surface area (Å²) in [5.74, 6) is -0.101. The van der Waals surface area contributed by atoms with Crippen molar-refractivity contribution in [2.75, 3.05) is 10.6 Å². The summed E-state index contributed by atoms with van der Waals surface area (Å²) in [7, 11) is 0. The van der Waals surface area contributed by atoms with Gasteiger partial charge in [0.05, 0.1) is 5.69 Å². The quantitative estimate of drug-likeness (QED) is 0.255. The molecule has 0 spiro atoms. The van der Waals surface area contributed by atoms with Gasteiger partial charge in [0.15, 0.2) is 0 Å². The smallest absolute Gasteiger partial charge is 0.308 e. The monoisotopic (exact) mass is 424 g/mol. The molecule has 0 atom stereocenters. The Morgan fingerprint density at radius 2 is 1.71 bits per heavy atom. The van der Waals surface area contributed by atoms with E-state index in [1.165, 1.54) is 75.4 Å². The minimum Gasteiger partial charge on any atom is -0.506 e. The Morgan fingerprint density at radius 1 is 1.00 bits per heavy atom. The summed E-state index contributed by atoms with van der Waals surface area (Å²) in [6, 6.07) is 10.6. The normalized spacial score (nSPS) is 14.0. The van der Waals surface area contributed by atoms with Crippen LogP contribution in [-0.2, 0) is 9.59 Å². The van der Waals surface area contributed by atoms with Crippen molar-refractivity contribution in [3.63, 3.8) is 0 Å². The number of hydrogen-bond donors (Lipinski definition) is 3. The SMILES string of the molecule is CC(=O)Oc1ccc(C(=O)Nc2cc(NC(=O)CCC3CCCCC3)ccc2O)cc1. The van der Waals surface area contributed by atoms with Crippen molar-refractivity contribution in [3.05, 3.63) is 48.0 Å². The molecular weight excluding hydrogens is 396 g/mol. The molecule has 31 heavy (non-hydrogen) atoms. The third kappa shape index (κ3) is 6.84. The maximum absolute atomic E-state index is 12.5. The molecule has 1 fully saturated rings. The maximum Gasteiger partial charge on any atom is 0.308 e. The van der Waals surface area contributed by atoms with Crippen molar-refractivity contribution >= 4 is 29.2 Å². The summed E-state index contributed by atoms with van der Waals surface area (Å²) in [6.07, 6.45) is 7.54. The van der Waals surface area contributed by atoms with Gasteiger partial charge >= 0.3 is 5.97 Å². The lowest BCUT2D eigenvalue weighted by Crippen LogP contribution is -2.15. The Hall–Kier alpha value is -3.35. The van der Waals surface area contributed by atoms with Gasteiger partial charge in [0, 0.05) is 24.6 Å². The molecule has 2 amide bonds. The molecule has 1 aliphatic carbocycles. The van der Waals surface area contributed by atoms with Gasteiger partial charge in [-0.1, -0.05) is 32.1 Å². The molecule has 0 unspecified atom stereocenters. The summed E-state index contributed by atoms with van der Waals surface area (Å²) in [5.41, 5.74) is 1.03. The Labute approximate surface area is 181 Å². The van der Waals surface area contributed by atoms with Crippen LogP contribution in [0.3, 0.4) is 0 Å². The Kier molecular flexibility index (Phi) is 7.65. The number of ether oxygens (including phenoxy) is 1. The van der Waals surface area contributed by atoms with E-state index in [-0.39, 0.29) is 17.3 Å². The summed E-state index contributed by atoms with van der Waals surface area (Å²) < 4.78 is 4.95. The molecule has 3 N–H and O–H groups in total. The number of amides is 2. The van der Waals surface area contributed by atoms with E-state index in [0.29, 0.717) is 29.3 Å². The van der Waals surface area contributed by atoms with Gasteiger partial charge in [-0.2, -0.15) is 0 Å². The second-order valence-electron chi connectivity index (χ2n) is 7.89. The van der Waals surface area contributed by atoms with Gasteiger partial charge in [0.1, 0.15) is 11.5 Å². The van der Waals surface area contributed by atoms with E-state index in [1.54, 1.807) is 6.07 Å². The third-order valence-electron chi connectivity index (χ3n) is 5.41. The Bertz CT molecular complexity index is 933. The van der Waals surface area contributed by atoms with Crippen LogP contribution in [0.2, 0.25) is 0 Å². The molecule has 0 aliphatic heterocycles. The first-order valence-corrected chi connectivity index (χ1v) is 10.6. The number of nitrogens with one attached hydrogen (secondary N) is 2. The Morgan fingerprint density at radius 3 is 2.39 bits per heavy atom. The molecule has 164 valence electrons. The molecule has 0 bridgehead atoms. The lowest BCUT2D eigenvalue weighted by Gasteiger charge is -2.21. The predicted molar refractivity (Wildman–Crippen MR) is 118 cm³/mol. The molecule has 0 aromatic heterocycles. The minimum absolute atomic E-state index is 0.0744. The van der Waals surface area contributed by atoms with Crippen LogP contribution < -0.4 is 15.4 Å². The second kappa shape index (κ2) is 10.6. The predicted octanol–water partition coefficient (Wildman–Crippen LogP) is 4.87. The number of carbonyl (C=O) groups excluding carboxylic acids is 3. The second-order valence-corrected chi connectivity index (χ2v) is 7.89. The van der Waals surface area contributed by atoms with E-state index in [9.17, 15) is 19.5 Å². The Balaban J connectivity index is 1.57. The van der Waals surface area contributed by atoms with Gasteiger partial charge < -0.3 is 20.5 Å². The lowest BCUT2D eigenvalue weighted by atomic mass is 9.86. The first kappa shape index (κ1) is 22.3. The molecular formula is C24H28N2O5. The highest BCUT2D eigenvalue weighted by molar-refractivity contribution is 6.05. The van der Waals surface area contributed by atoms with Crippen LogP contribution in [0.5, 0.6) is 11.5 Å². The van der Waals surface area contributed by atoms with Crippen molar-refractivity contribution in [1.29, 1.82) is 0 Å².